The highest BCUT2D eigenvalue weighted by atomic mass is 15.2. The van der Waals surface area contributed by atoms with Crippen LogP contribution in [0.3, 0.4) is 0 Å². The third kappa shape index (κ3) is 9.03. The Hall–Kier alpha value is -13.8. The first-order valence-corrected chi connectivity index (χ1v) is 37.1. The summed E-state index contributed by atoms with van der Waals surface area (Å²) >= 11 is 0. The Morgan fingerprint density at radius 2 is 0.636 bits per heavy atom. The molecule has 19 aromatic rings. The van der Waals surface area contributed by atoms with Crippen LogP contribution in [0.2, 0.25) is 0 Å². The van der Waals surface area contributed by atoms with Gasteiger partial charge in [-0.1, -0.05) is 303 Å². The predicted molar refractivity (Wildman–Crippen MR) is 439 cm³/mol. The number of para-hydroxylation sites is 2. The van der Waals surface area contributed by atoms with Gasteiger partial charge in [0.25, 0.3) is 0 Å². The number of benzene rings is 15. The average Bonchev–Trinajstić information content (AvgIpc) is 1.55. The molecule has 6 nitrogen and oxygen atoms in total. The van der Waals surface area contributed by atoms with E-state index < -0.39 is 10.8 Å². The summed E-state index contributed by atoms with van der Waals surface area (Å²) in [7, 11) is 0. The van der Waals surface area contributed by atoms with Crippen LogP contribution >= 0.6 is 0 Å². The highest BCUT2D eigenvalue weighted by Crippen LogP contribution is 2.61. The molecule has 2 unspecified atom stereocenters. The minimum absolute atomic E-state index is 0.201. The van der Waals surface area contributed by atoms with Gasteiger partial charge in [0.1, 0.15) is 0 Å². The van der Waals surface area contributed by atoms with E-state index in [0.29, 0.717) is 17.6 Å². The molecule has 0 saturated carbocycles. The standard InChI is InChI=1S/C101H66N6/c1-7-27-65(28-8-1)97-102-98(66-29-9-2-10-30-66)104-99(103-97)107-95-57-49-69(67-47-55-93-83(59-67)81-41-21-25-45-91(81)105(93)75-51-53-79-77-39-19-23-43-87(77)100(89(79)63-75,71-31-11-3-12-32-71)72-33-13-4-14-34-72)61-85(95)86-62-70(50-58-96(86)107)68-48-56-94-84(60-68)82-42-22-26-46-92(82)106(94)76-52-54-80-78-40-20-24-44-88(78)101(90(80)64-76,73-35-15-5-16-36-73)74-37-17-6-18-38-74/h1-64,77,87H. The molecule has 0 N–H and O–H groups in total. The zero-order valence-corrected chi connectivity index (χ0v) is 58.3. The lowest BCUT2D eigenvalue weighted by molar-refractivity contribution is 0.456. The second kappa shape index (κ2) is 23.9. The lowest BCUT2D eigenvalue weighted by Gasteiger charge is -2.39. The summed E-state index contributed by atoms with van der Waals surface area (Å²) in [4.78, 5) is 15.9. The third-order valence-electron chi connectivity index (χ3n) is 23.5. The van der Waals surface area contributed by atoms with E-state index in [1.807, 2.05) is 36.4 Å². The number of aromatic nitrogens is 6. The fraction of sp³-hybridized carbons (Fsp3) is 0.0396. The van der Waals surface area contributed by atoms with E-state index >= 15 is 0 Å². The molecule has 0 bridgehead atoms. The summed E-state index contributed by atoms with van der Waals surface area (Å²) in [5, 5.41) is 6.95. The van der Waals surface area contributed by atoms with E-state index in [1.54, 1.807) is 0 Å². The molecular formula is C101H66N6. The van der Waals surface area contributed by atoms with Gasteiger partial charge in [-0.2, -0.15) is 9.97 Å². The summed E-state index contributed by atoms with van der Waals surface area (Å²) in [5.74, 6) is 2.19. The fourth-order valence-corrected chi connectivity index (χ4v) is 19.0. The number of fused-ring (bicyclic) bond motifs is 15. The molecule has 0 spiro atoms. The molecule has 4 heterocycles. The van der Waals surface area contributed by atoms with Crippen molar-refractivity contribution in [2.24, 2.45) is 5.92 Å². The summed E-state index contributed by atoms with van der Waals surface area (Å²) in [6.07, 6.45) is 9.36. The largest absolute Gasteiger partial charge is 0.309 e. The molecule has 0 saturated heterocycles. The van der Waals surface area contributed by atoms with Gasteiger partial charge in [0, 0.05) is 66.7 Å². The second-order valence-corrected chi connectivity index (χ2v) is 28.9. The zero-order valence-electron chi connectivity index (χ0n) is 58.3. The first-order chi connectivity index (χ1) is 53.1. The van der Waals surface area contributed by atoms with Crippen molar-refractivity contribution < 1.29 is 0 Å². The molecule has 15 aromatic carbocycles. The Kier molecular flexibility index (Phi) is 13.6. The lowest BCUT2D eigenvalue weighted by Crippen LogP contribution is -2.35. The molecule has 6 heteroatoms. The normalized spacial score (nSPS) is 15.2. The molecule has 0 radical (unpaired) electrons. The Bertz CT molecular complexity index is 6730. The molecule has 3 aliphatic carbocycles. The van der Waals surface area contributed by atoms with Gasteiger partial charge in [0.05, 0.1) is 43.9 Å². The van der Waals surface area contributed by atoms with Crippen LogP contribution in [0.1, 0.15) is 50.4 Å². The first-order valence-electron chi connectivity index (χ1n) is 37.1. The first kappa shape index (κ1) is 60.7. The molecular weight excluding hydrogens is 1300 g/mol. The number of allylic oxidation sites excluding steroid dienone is 4. The maximum atomic E-state index is 5.39. The Morgan fingerprint density at radius 3 is 1.14 bits per heavy atom. The molecule has 107 heavy (non-hydrogen) atoms. The van der Waals surface area contributed by atoms with Crippen LogP contribution in [0.25, 0.3) is 139 Å². The average molecular weight is 1360 g/mol. The van der Waals surface area contributed by atoms with Gasteiger partial charge < -0.3 is 9.13 Å². The van der Waals surface area contributed by atoms with Gasteiger partial charge in [-0.15, -0.1) is 0 Å². The van der Waals surface area contributed by atoms with E-state index in [9.17, 15) is 0 Å². The van der Waals surface area contributed by atoms with Gasteiger partial charge >= 0.3 is 0 Å². The van der Waals surface area contributed by atoms with Gasteiger partial charge in [-0.3, -0.25) is 4.57 Å². The summed E-state index contributed by atoms with van der Waals surface area (Å²) in [6.45, 7) is 0. The minimum atomic E-state index is -0.534. The lowest BCUT2D eigenvalue weighted by atomic mass is 9.63. The van der Waals surface area contributed by atoms with Gasteiger partial charge in [0.2, 0.25) is 5.95 Å². The van der Waals surface area contributed by atoms with Crippen LogP contribution in [0, 0.1) is 5.92 Å². The Balaban J connectivity index is 0.713. The van der Waals surface area contributed by atoms with Crippen LogP contribution in [0.15, 0.2) is 388 Å². The third-order valence-corrected chi connectivity index (χ3v) is 23.5. The quantitative estimate of drug-likeness (QED) is 0.130. The van der Waals surface area contributed by atoms with Crippen molar-refractivity contribution in [3.8, 4) is 73.5 Å². The Labute approximate surface area is 619 Å². The summed E-state index contributed by atoms with van der Waals surface area (Å²) in [6, 6.07) is 134. The van der Waals surface area contributed by atoms with Crippen LogP contribution in [-0.4, -0.2) is 28.7 Å². The van der Waals surface area contributed by atoms with Crippen molar-refractivity contribution in [3.05, 3.63) is 433 Å². The molecule has 3 aliphatic rings. The summed E-state index contributed by atoms with van der Waals surface area (Å²) in [5.41, 5.74) is 27.1. The number of hydrogen-bond acceptors (Lipinski definition) is 3. The van der Waals surface area contributed by atoms with Crippen LogP contribution in [0.4, 0.5) is 0 Å². The number of hydrogen-bond donors (Lipinski definition) is 0. The van der Waals surface area contributed by atoms with Crippen molar-refractivity contribution >= 4 is 65.4 Å². The molecule has 0 aliphatic heterocycles. The molecule has 500 valence electrons. The van der Waals surface area contributed by atoms with E-state index in [1.165, 1.54) is 82.7 Å². The van der Waals surface area contributed by atoms with E-state index in [-0.39, 0.29) is 11.8 Å². The zero-order chi connectivity index (χ0) is 70.3. The molecule has 22 rings (SSSR count). The van der Waals surface area contributed by atoms with Crippen LogP contribution in [-0.2, 0) is 10.8 Å². The van der Waals surface area contributed by atoms with Crippen molar-refractivity contribution in [1.82, 2.24) is 28.7 Å². The number of nitrogens with zero attached hydrogens (tertiary/aromatic N) is 6. The fourth-order valence-electron chi connectivity index (χ4n) is 19.0. The van der Waals surface area contributed by atoms with E-state index in [2.05, 4.69) is 366 Å². The monoisotopic (exact) mass is 1360 g/mol. The summed E-state index contributed by atoms with van der Waals surface area (Å²) < 4.78 is 7.21. The highest BCUT2D eigenvalue weighted by Gasteiger charge is 2.53. The van der Waals surface area contributed by atoms with Gasteiger partial charge in [-0.25, -0.2) is 4.98 Å². The van der Waals surface area contributed by atoms with Gasteiger partial charge in [-0.05, 0) is 163 Å². The van der Waals surface area contributed by atoms with Gasteiger partial charge in [0.15, 0.2) is 11.6 Å². The Morgan fingerprint density at radius 1 is 0.252 bits per heavy atom. The molecule has 2 atom stereocenters. The predicted octanol–water partition coefficient (Wildman–Crippen LogP) is 24.4. The molecule has 0 amide bonds. The van der Waals surface area contributed by atoms with E-state index in [4.69, 9.17) is 15.0 Å². The van der Waals surface area contributed by atoms with Crippen molar-refractivity contribution in [2.75, 3.05) is 0 Å². The van der Waals surface area contributed by atoms with Crippen molar-refractivity contribution in [3.63, 3.8) is 0 Å². The van der Waals surface area contributed by atoms with Crippen molar-refractivity contribution in [2.45, 2.75) is 16.7 Å². The number of rotatable bonds is 11. The smallest absolute Gasteiger partial charge is 0.238 e. The minimum Gasteiger partial charge on any atom is -0.309 e. The molecule has 4 aromatic heterocycles. The maximum Gasteiger partial charge on any atom is 0.238 e. The molecule has 0 fully saturated rings. The topological polar surface area (TPSA) is 53.5 Å². The van der Waals surface area contributed by atoms with E-state index in [0.717, 1.165) is 83.1 Å². The van der Waals surface area contributed by atoms with Crippen LogP contribution in [0.5, 0.6) is 0 Å². The maximum absolute atomic E-state index is 5.39. The SMILES string of the molecule is C1=CC2c3ccc(-n4c5ccccc5c5cc(-c6ccc7c(c6)c6cc(-c8ccc9c(c8)c8ccccc8n9-c8ccc9c(c8)C(c8ccccc8)(c8ccccc8)c8ccccc8-9)ccc6n7-c6nc(-c7ccccc7)nc(-c7ccccc7)n6)ccc54)cc3C(c3ccccc3)(c3ccccc3)C2C=C1. The van der Waals surface area contributed by atoms with Crippen molar-refractivity contribution in [1.29, 1.82) is 0 Å². The highest BCUT2D eigenvalue weighted by molar-refractivity contribution is 6.15. The van der Waals surface area contributed by atoms with Crippen LogP contribution < -0.4 is 0 Å². The second-order valence-electron chi connectivity index (χ2n) is 28.9.